The zero-order valence-corrected chi connectivity index (χ0v) is 18.0. The molecule has 1 amide bonds. The monoisotopic (exact) mass is 425 g/mol. The number of carbonyl (C=O) groups excluding carboxylic acids is 1. The second-order valence-electron chi connectivity index (χ2n) is 6.56. The summed E-state index contributed by atoms with van der Waals surface area (Å²) in [6.07, 6.45) is 0. The van der Waals surface area contributed by atoms with Crippen LogP contribution in [-0.4, -0.2) is 19.6 Å². The van der Waals surface area contributed by atoms with Gasteiger partial charge in [0.15, 0.2) is 11.5 Å². The largest absolute Gasteiger partial charge is 0.493 e. The summed E-state index contributed by atoms with van der Waals surface area (Å²) in [6.45, 7) is 4.51. The van der Waals surface area contributed by atoms with Gasteiger partial charge in [-0.1, -0.05) is 29.8 Å². The molecule has 0 bridgehead atoms. The van der Waals surface area contributed by atoms with E-state index in [0.717, 1.165) is 11.1 Å². The first-order chi connectivity index (χ1) is 14.5. The molecule has 3 aromatic carbocycles. The molecule has 0 atom stereocenters. The number of hydrogen-bond donors (Lipinski definition) is 1. The summed E-state index contributed by atoms with van der Waals surface area (Å²) >= 11 is 6.15. The summed E-state index contributed by atoms with van der Waals surface area (Å²) < 4.78 is 17.0. The van der Waals surface area contributed by atoms with Crippen LogP contribution in [0.4, 0.5) is 5.69 Å². The normalized spacial score (nSPS) is 10.4. The Morgan fingerprint density at radius 1 is 0.967 bits per heavy atom. The molecule has 0 saturated carbocycles. The second-order valence-corrected chi connectivity index (χ2v) is 6.97. The highest BCUT2D eigenvalue weighted by molar-refractivity contribution is 6.31. The highest BCUT2D eigenvalue weighted by atomic mass is 35.5. The van der Waals surface area contributed by atoms with Crippen LogP contribution in [0.15, 0.2) is 60.7 Å². The van der Waals surface area contributed by atoms with Crippen molar-refractivity contribution in [2.75, 3.05) is 19.0 Å². The minimum absolute atomic E-state index is 0.229. The number of benzene rings is 3. The SMILES string of the molecule is CCOc1ccc(C(=O)Nc2cccc(Cl)c2C)cc1COc1ccccc1OC. The number of hydrogen-bond acceptors (Lipinski definition) is 4. The highest BCUT2D eigenvalue weighted by Gasteiger charge is 2.14. The van der Waals surface area contributed by atoms with E-state index in [9.17, 15) is 4.79 Å². The van der Waals surface area contributed by atoms with Gasteiger partial charge in [0, 0.05) is 21.8 Å². The van der Waals surface area contributed by atoms with Gasteiger partial charge in [-0.25, -0.2) is 0 Å². The Hall–Kier alpha value is -3.18. The molecule has 0 aliphatic heterocycles. The minimum atomic E-state index is -0.234. The van der Waals surface area contributed by atoms with Crippen molar-refractivity contribution in [3.63, 3.8) is 0 Å². The molecule has 0 fully saturated rings. The quantitative estimate of drug-likeness (QED) is 0.489. The molecule has 0 radical (unpaired) electrons. The van der Waals surface area contributed by atoms with Gasteiger partial charge >= 0.3 is 0 Å². The number of nitrogens with one attached hydrogen (secondary N) is 1. The predicted octanol–water partition coefficient (Wildman–Crippen LogP) is 5.89. The minimum Gasteiger partial charge on any atom is -0.493 e. The maximum absolute atomic E-state index is 12.8. The fraction of sp³-hybridized carbons (Fsp3) is 0.208. The van der Waals surface area contributed by atoms with Gasteiger partial charge in [0.05, 0.1) is 13.7 Å². The van der Waals surface area contributed by atoms with Crippen LogP contribution in [0.2, 0.25) is 5.02 Å². The lowest BCUT2D eigenvalue weighted by Gasteiger charge is -2.15. The fourth-order valence-electron chi connectivity index (χ4n) is 2.96. The number of methoxy groups -OCH3 is 1. The molecule has 0 spiro atoms. The number of carbonyl (C=O) groups is 1. The van der Waals surface area contributed by atoms with Crippen molar-refractivity contribution in [3.05, 3.63) is 82.4 Å². The molecule has 1 N–H and O–H groups in total. The van der Waals surface area contributed by atoms with E-state index in [1.54, 1.807) is 37.4 Å². The van der Waals surface area contributed by atoms with E-state index >= 15 is 0 Å². The summed E-state index contributed by atoms with van der Waals surface area (Å²) in [5.41, 5.74) is 2.75. The Bertz CT molecular complexity index is 1040. The van der Waals surface area contributed by atoms with Crippen LogP contribution in [0.5, 0.6) is 17.2 Å². The summed E-state index contributed by atoms with van der Waals surface area (Å²) in [7, 11) is 1.59. The van der Waals surface area contributed by atoms with Crippen molar-refractivity contribution in [2.45, 2.75) is 20.5 Å². The lowest BCUT2D eigenvalue weighted by molar-refractivity contribution is 0.102. The molecule has 0 unspecified atom stereocenters. The van der Waals surface area contributed by atoms with Crippen molar-refractivity contribution in [1.29, 1.82) is 0 Å². The van der Waals surface area contributed by atoms with Gasteiger partial charge in [-0.15, -0.1) is 0 Å². The van der Waals surface area contributed by atoms with E-state index in [-0.39, 0.29) is 12.5 Å². The van der Waals surface area contributed by atoms with Crippen LogP contribution in [0.25, 0.3) is 0 Å². The van der Waals surface area contributed by atoms with Crippen LogP contribution >= 0.6 is 11.6 Å². The van der Waals surface area contributed by atoms with Crippen molar-refractivity contribution < 1.29 is 19.0 Å². The average Bonchev–Trinajstić information content (AvgIpc) is 2.76. The molecule has 0 aromatic heterocycles. The second kappa shape index (κ2) is 10.0. The first-order valence-electron chi connectivity index (χ1n) is 9.61. The molecule has 0 aliphatic rings. The van der Waals surface area contributed by atoms with Gasteiger partial charge in [-0.05, 0) is 61.9 Å². The summed E-state index contributed by atoms with van der Waals surface area (Å²) in [5, 5.41) is 3.52. The van der Waals surface area contributed by atoms with Gasteiger partial charge in [0.25, 0.3) is 5.91 Å². The number of halogens is 1. The zero-order chi connectivity index (χ0) is 21.5. The van der Waals surface area contributed by atoms with E-state index in [0.29, 0.717) is 40.1 Å². The number of rotatable bonds is 8. The topological polar surface area (TPSA) is 56.8 Å². The molecular weight excluding hydrogens is 402 g/mol. The summed E-state index contributed by atoms with van der Waals surface area (Å²) in [5.74, 6) is 1.69. The van der Waals surface area contributed by atoms with Crippen LogP contribution < -0.4 is 19.5 Å². The van der Waals surface area contributed by atoms with E-state index in [1.807, 2.05) is 44.2 Å². The van der Waals surface area contributed by atoms with Crippen LogP contribution in [0, 0.1) is 6.92 Å². The first-order valence-corrected chi connectivity index (χ1v) is 9.99. The maximum Gasteiger partial charge on any atom is 0.255 e. The number of anilines is 1. The number of ether oxygens (including phenoxy) is 3. The fourth-order valence-corrected chi connectivity index (χ4v) is 3.14. The first kappa shape index (κ1) is 21.5. The molecule has 3 aromatic rings. The third-order valence-corrected chi connectivity index (χ3v) is 5.00. The summed E-state index contributed by atoms with van der Waals surface area (Å²) in [4.78, 5) is 12.8. The Morgan fingerprint density at radius 2 is 1.73 bits per heavy atom. The van der Waals surface area contributed by atoms with Crippen molar-refractivity contribution in [3.8, 4) is 17.2 Å². The Balaban J connectivity index is 1.83. The van der Waals surface area contributed by atoms with Crippen molar-refractivity contribution >= 4 is 23.2 Å². The third kappa shape index (κ3) is 5.05. The van der Waals surface area contributed by atoms with Gasteiger partial charge in [-0.3, -0.25) is 4.79 Å². The molecule has 6 heteroatoms. The molecular formula is C24H24ClNO4. The smallest absolute Gasteiger partial charge is 0.255 e. The molecule has 0 aliphatic carbocycles. The number of para-hydroxylation sites is 2. The highest BCUT2D eigenvalue weighted by Crippen LogP contribution is 2.29. The van der Waals surface area contributed by atoms with Crippen molar-refractivity contribution in [2.24, 2.45) is 0 Å². The lowest BCUT2D eigenvalue weighted by Crippen LogP contribution is -2.14. The standard InChI is InChI=1S/C24H24ClNO4/c1-4-29-21-13-12-17(24(27)26-20-9-7-8-19(25)16(20)2)14-18(21)15-30-23-11-6-5-10-22(23)28-3/h5-14H,4,15H2,1-3H3,(H,26,27). The van der Waals surface area contributed by atoms with Gasteiger partial charge in [0.2, 0.25) is 0 Å². The van der Waals surface area contributed by atoms with Gasteiger partial charge < -0.3 is 19.5 Å². The predicted molar refractivity (Wildman–Crippen MR) is 119 cm³/mol. The Morgan fingerprint density at radius 3 is 2.47 bits per heavy atom. The van der Waals surface area contributed by atoms with Gasteiger partial charge in [0.1, 0.15) is 12.4 Å². The molecule has 3 rings (SSSR count). The third-order valence-electron chi connectivity index (χ3n) is 4.59. The Kier molecular flexibility index (Phi) is 7.20. The average molecular weight is 426 g/mol. The molecule has 156 valence electrons. The zero-order valence-electron chi connectivity index (χ0n) is 17.2. The van der Waals surface area contributed by atoms with Crippen molar-refractivity contribution in [1.82, 2.24) is 0 Å². The van der Waals surface area contributed by atoms with E-state index in [1.165, 1.54) is 0 Å². The summed E-state index contributed by atoms with van der Waals surface area (Å²) in [6, 6.07) is 18.1. The van der Waals surface area contributed by atoms with Gasteiger partial charge in [-0.2, -0.15) is 0 Å². The maximum atomic E-state index is 12.8. The molecule has 0 heterocycles. The number of amides is 1. The van der Waals surface area contributed by atoms with Crippen LogP contribution in [0.1, 0.15) is 28.4 Å². The Labute approximate surface area is 181 Å². The lowest BCUT2D eigenvalue weighted by atomic mass is 10.1. The van der Waals surface area contributed by atoms with Crippen LogP contribution in [0.3, 0.4) is 0 Å². The van der Waals surface area contributed by atoms with Crippen LogP contribution in [-0.2, 0) is 6.61 Å². The van der Waals surface area contributed by atoms with E-state index in [4.69, 9.17) is 25.8 Å². The molecule has 30 heavy (non-hydrogen) atoms. The molecule has 5 nitrogen and oxygen atoms in total. The molecule has 0 saturated heterocycles. The van der Waals surface area contributed by atoms with E-state index in [2.05, 4.69) is 5.32 Å². The van der Waals surface area contributed by atoms with E-state index < -0.39 is 0 Å².